The van der Waals surface area contributed by atoms with Crippen molar-refractivity contribution in [3.05, 3.63) is 10.6 Å². The summed E-state index contributed by atoms with van der Waals surface area (Å²) in [6.45, 7) is 3.86. The van der Waals surface area contributed by atoms with Crippen LogP contribution in [0.3, 0.4) is 0 Å². The van der Waals surface area contributed by atoms with Gasteiger partial charge in [-0.25, -0.2) is 0 Å². The van der Waals surface area contributed by atoms with Crippen molar-refractivity contribution in [1.29, 1.82) is 0 Å². The number of carbonyl (C=O) groups is 1. The molecule has 0 saturated carbocycles. The fraction of sp³-hybridized carbons (Fsp3) is 0.727. The number of hydrogen-bond acceptors (Lipinski definition) is 6. The van der Waals surface area contributed by atoms with Crippen molar-refractivity contribution in [2.45, 2.75) is 39.0 Å². The number of amides is 1. The second-order valence-corrected chi connectivity index (χ2v) is 4.65. The lowest BCUT2D eigenvalue weighted by atomic mass is 10.2. The Hall–Kier alpha value is -1.05. The SMILES string of the molecule is CCCc1nnsc1C(=O)NC(C)C(OC)OC. The normalized spacial score (nSPS) is 12.7. The monoisotopic (exact) mass is 273 g/mol. The van der Waals surface area contributed by atoms with E-state index in [2.05, 4.69) is 14.9 Å². The minimum atomic E-state index is -0.468. The lowest BCUT2D eigenvalue weighted by Gasteiger charge is -2.21. The molecule has 1 aromatic rings. The lowest BCUT2D eigenvalue weighted by Crippen LogP contribution is -2.42. The fourth-order valence-electron chi connectivity index (χ4n) is 1.63. The van der Waals surface area contributed by atoms with Gasteiger partial charge in [0.15, 0.2) is 6.29 Å². The standard InChI is InChI=1S/C11H19N3O3S/c1-5-6-8-9(18-14-13-8)10(15)12-7(2)11(16-3)17-4/h7,11H,5-6H2,1-4H3,(H,12,15). The van der Waals surface area contributed by atoms with Crippen LogP contribution in [0.25, 0.3) is 0 Å². The maximum atomic E-state index is 12.1. The van der Waals surface area contributed by atoms with Gasteiger partial charge >= 0.3 is 0 Å². The zero-order chi connectivity index (χ0) is 13.5. The molecular formula is C11H19N3O3S. The molecule has 0 aliphatic heterocycles. The van der Waals surface area contributed by atoms with Crippen LogP contribution in [0.4, 0.5) is 0 Å². The number of aromatic nitrogens is 2. The Bertz CT molecular complexity index is 379. The Labute approximate surface area is 111 Å². The molecule has 0 bridgehead atoms. The van der Waals surface area contributed by atoms with Gasteiger partial charge in [0.2, 0.25) is 0 Å². The maximum Gasteiger partial charge on any atom is 0.265 e. The summed E-state index contributed by atoms with van der Waals surface area (Å²) >= 11 is 1.11. The van der Waals surface area contributed by atoms with E-state index in [1.54, 1.807) is 0 Å². The molecule has 1 heterocycles. The van der Waals surface area contributed by atoms with Gasteiger partial charge in [0.05, 0.1) is 11.7 Å². The Morgan fingerprint density at radius 2 is 2.11 bits per heavy atom. The molecule has 7 heteroatoms. The number of hydrogen-bond donors (Lipinski definition) is 1. The Morgan fingerprint density at radius 1 is 1.44 bits per heavy atom. The molecule has 0 aromatic carbocycles. The van der Waals surface area contributed by atoms with Crippen molar-refractivity contribution in [1.82, 2.24) is 14.9 Å². The highest BCUT2D eigenvalue weighted by atomic mass is 32.1. The summed E-state index contributed by atoms with van der Waals surface area (Å²) in [5.41, 5.74) is 0.749. The largest absolute Gasteiger partial charge is 0.354 e. The van der Waals surface area contributed by atoms with Gasteiger partial charge in [-0.1, -0.05) is 17.8 Å². The van der Waals surface area contributed by atoms with Gasteiger partial charge in [-0.3, -0.25) is 4.79 Å². The Kier molecular flexibility index (Phi) is 6.17. The van der Waals surface area contributed by atoms with Gasteiger partial charge in [0.25, 0.3) is 5.91 Å². The molecule has 0 saturated heterocycles. The van der Waals surface area contributed by atoms with Crippen molar-refractivity contribution in [2.24, 2.45) is 0 Å². The summed E-state index contributed by atoms with van der Waals surface area (Å²) < 4.78 is 14.0. The van der Waals surface area contributed by atoms with Crippen LogP contribution in [0.5, 0.6) is 0 Å². The second kappa shape index (κ2) is 7.40. The molecule has 1 aromatic heterocycles. The quantitative estimate of drug-likeness (QED) is 0.756. The van der Waals surface area contributed by atoms with Crippen LogP contribution < -0.4 is 5.32 Å². The van der Waals surface area contributed by atoms with E-state index in [1.807, 2.05) is 13.8 Å². The highest BCUT2D eigenvalue weighted by molar-refractivity contribution is 7.08. The van der Waals surface area contributed by atoms with Crippen molar-refractivity contribution < 1.29 is 14.3 Å². The van der Waals surface area contributed by atoms with Crippen molar-refractivity contribution in [3.8, 4) is 0 Å². The van der Waals surface area contributed by atoms with Crippen LogP contribution in [0.15, 0.2) is 0 Å². The third-order valence-electron chi connectivity index (χ3n) is 2.48. The van der Waals surface area contributed by atoms with Gasteiger partial charge < -0.3 is 14.8 Å². The summed E-state index contributed by atoms with van der Waals surface area (Å²) in [5, 5.41) is 6.79. The zero-order valence-corrected chi connectivity index (χ0v) is 11.9. The average molecular weight is 273 g/mol. The number of methoxy groups -OCH3 is 2. The topological polar surface area (TPSA) is 73.3 Å². The molecule has 0 aliphatic rings. The van der Waals surface area contributed by atoms with Crippen LogP contribution >= 0.6 is 11.5 Å². The molecule has 1 rings (SSSR count). The highest BCUT2D eigenvalue weighted by Crippen LogP contribution is 2.13. The van der Waals surface area contributed by atoms with Crippen molar-refractivity contribution >= 4 is 17.4 Å². The Balaban J connectivity index is 2.67. The molecule has 102 valence electrons. The van der Waals surface area contributed by atoms with Gasteiger partial charge in [-0.2, -0.15) is 0 Å². The number of rotatable bonds is 7. The van der Waals surface area contributed by atoms with Gasteiger partial charge in [-0.15, -0.1) is 5.10 Å². The van der Waals surface area contributed by atoms with E-state index in [-0.39, 0.29) is 11.9 Å². The zero-order valence-electron chi connectivity index (χ0n) is 11.1. The summed E-state index contributed by atoms with van der Waals surface area (Å²) in [7, 11) is 3.07. The van der Waals surface area contributed by atoms with Gasteiger partial charge in [-0.05, 0) is 24.9 Å². The number of carbonyl (C=O) groups excluding carboxylic acids is 1. The third kappa shape index (κ3) is 3.72. The van der Waals surface area contributed by atoms with Crippen molar-refractivity contribution in [3.63, 3.8) is 0 Å². The molecule has 0 aliphatic carbocycles. The van der Waals surface area contributed by atoms with E-state index in [0.717, 1.165) is 30.1 Å². The first kappa shape index (κ1) is 15.0. The van der Waals surface area contributed by atoms with Crippen LogP contribution in [-0.4, -0.2) is 42.0 Å². The highest BCUT2D eigenvalue weighted by Gasteiger charge is 2.22. The third-order valence-corrected chi connectivity index (χ3v) is 3.25. The van der Waals surface area contributed by atoms with E-state index in [9.17, 15) is 4.79 Å². The number of nitrogens with zero attached hydrogens (tertiary/aromatic N) is 2. The number of aryl methyl sites for hydroxylation is 1. The molecule has 1 amide bonds. The molecule has 1 unspecified atom stereocenters. The van der Waals surface area contributed by atoms with Crippen molar-refractivity contribution in [2.75, 3.05) is 14.2 Å². The lowest BCUT2D eigenvalue weighted by molar-refractivity contribution is -0.117. The molecule has 18 heavy (non-hydrogen) atoms. The predicted octanol–water partition coefficient (Wildman–Crippen LogP) is 1.23. The molecule has 0 fully saturated rings. The van der Waals surface area contributed by atoms with E-state index < -0.39 is 6.29 Å². The summed E-state index contributed by atoms with van der Waals surface area (Å²) in [4.78, 5) is 12.6. The minimum absolute atomic E-state index is 0.181. The first-order chi connectivity index (χ1) is 8.63. The van der Waals surface area contributed by atoms with Gasteiger partial charge in [0, 0.05) is 14.2 Å². The van der Waals surface area contributed by atoms with Crippen LogP contribution in [0.1, 0.15) is 35.6 Å². The smallest absolute Gasteiger partial charge is 0.265 e. The number of nitrogens with one attached hydrogen (secondary N) is 1. The Morgan fingerprint density at radius 3 is 2.67 bits per heavy atom. The number of ether oxygens (including phenoxy) is 2. The first-order valence-corrected chi connectivity index (χ1v) is 6.59. The summed E-state index contributed by atoms with van der Waals surface area (Å²) in [5.74, 6) is -0.181. The van der Waals surface area contributed by atoms with E-state index in [1.165, 1.54) is 14.2 Å². The second-order valence-electron chi connectivity index (χ2n) is 3.90. The van der Waals surface area contributed by atoms with Crippen LogP contribution in [-0.2, 0) is 15.9 Å². The van der Waals surface area contributed by atoms with E-state index in [0.29, 0.717) is 4.88 Å². The average Bonchev–Trinajstić information content (AvgIpc) is 2.79. The van der Waals surface area contributed by atoms with Crippen LogP contribution in [0.2, 0.25) is 0 Å². The molecule has 6 nitrogen and oxygen atoms in total. The van der Waals surface area contributed by atoms with Gasteiger partial charge in [0.1, 0.15) is 4.88 Å². The molecule has 1 atom stereocenters. The van der Waals surface area contributed by atoms with Crippen LogP contribution in [0, 0.1) is 0 Å². The minimum Gasteiger partial charge on any atom is -0.354 e. The van der Waals surface area contributed by atoms with E-state index >= 15 is 0 Å². The summed E-state index contributed by atoms with van der Waals surface area (Å²) in [6, 6.07) is -0.246. The molecule has 1 N–H and O–H groups in total. The molecule has 0 spiro atoms. The van der Waals surface area contributed by atoms with E-state index in [4.69, 9.17) is 9.47 Å². The summed E-state index contributed by atoms with van der Waals surface area (Å²) in [6.07, 6.45) is 1.22. The fourth-order valence-corrected chi connectivity index (χ4v) is 2.24. The molecule has 0 radical (unpaired) electrons. The molecular weight excluding hydrogens is 254 g/mol. The maximum absolute atomic E-state index is 12.1. The first-order valence-electron chi connectivity index (χ1n) is 5.81. The predicted molar refractivity (Wildman–Crippen MR) is 68.6 cm³/mol.